The van der Waals surface area contributed by atoms with Crippen LogP contribution in [0.25, 0.3) is 0 Å². The Morgan fingerprint density at radius 2 is 2.00 bits per heavy atom. The molecular weight excluding hydrogens is 286 g/mol. The summed E-state index contributed by atoms with van der Waals surface area (Å²) < 4.78 is 27.7. The fraction of sp³-hybridized carbons (Fsp3) is 0.267. The highest BCUT2D eigenvalue weighted by molar-refractivity contribution is 7.92. The third kappa shape index (κ3) is 3.59. The standard InChI is InChI=1S/C15H19N3O2S/c1-3-13-5-4-12(8-16)7-15(13)21(19,20)18-14-6-11(2)9-17-10-14/h4-7,9-10,18H,3,8,16H2,1-2H3. The average Bonchev–Trinajstić information content (AvgIpc) is 2.46. The molecule has 112 valence electrons. The van der Waals surface area contributed by atoms with Crippen LogP contribution >= 0.6 is 0 Å². The molecule has 0 bridgehead atoms. The molecule has 1 heterocycles. The monoisotopic (exact) mass is 305 g/mol. The van der Waals surface area contributed by atoms with Crippen molar-refractivity contribution in [1.29, 1.82) is 0 Å². The van der Waals surface area contributed by atoms with Crippen LogP contribution in [-0.4, -0.2) is 13.4 Å². The van der Waals surface area contributed by atoms with Crippen molar-refractivity contribution in [3.63, 3.8) is 0 Å². The Morgan fingerprint density at radius 1 is 1.24 bits per heavy atom. The summed E-state index contributed by atoms with van der Waals surface area (Å²) in [6.45, 7) is 4.08. The zero-order valence-corrected chi connectivity index (χ0v) is 12.9. The molecule has 0 saturated carbocycles. The van der Waals surface area contributed by atoms with Gasteiger partial charge in [0.05, 0.1) is 16.8 Å². The number of hydrogen-bond donors (Lipinski definition) is 2. The lowest BCUT2D eigenvalue weighted by molar-refractivity contribution is 0.600. The highest BCUT2D eigenvalue weighted by Crippen LogP contribution is 2.22. The summed E-state index contributed by atoms with van der Waals surface area (Å²) in [4.78, 5) is 4.26. The van der Waals surface area contributed by atoms with Crippen LogP contribution in [0.2, 0.25) is 0 Å². The smallest absolute Gasteiger partial charge is 0.262 e. The Labute approximate surface area is 125 Å². The summed E-state index contributed by atoms with van der Waals surface area (Å²) in [6, 6.07) is 7.03. The van der Waals surface area contributed by atoms with Crippen molar-refractivity contribution in [2.75, 3.05) is 4.72 Å². The van der Waals surface area contributed by atoms with Gasteiger partial charge >= 0.3 is 0 Å². The first-order chi connectivity index (χ1) is 9.96. The molecule has 1 aromatic carbocycles. The lowest BCUT2D eigenvalue weighted by atomic mass is 10.1. The molecule has 0 spiro atoms. The number of pyridine rings is 1. The summed E-state index contributed by atoms with van der Waals surface area (Å²) >= 11 is 0. The van der Waals surface area contributed by atoms with E-state index in [9.17, 15) is 8.42 Å². The van der Waals surface area contributed by atoms with E-state index in [4.69, 9.17) is 5.73 Å². The summed E-state index contributed by atoms with van der Waals surface area (Å²) in [5.74, 6) is 0. The third-order valence-electron chi connectivity index (χ3n) is 3.16. The summed E-state index contributed by atoms with van der Waals surface area (Å²) in [5, 5.41) is 0. The molecule has 2 rings (SSSR count). The van der Waals surface area contributed by atoms with Crippen molar-refractivity contribution in [3.8, 4) is 0 Å². The zero-order valence-electron chi connectivity index (χ0n) is 12.1. The minimum Gasteiger partial charge on any atom is -0.326 e. The van der Waals surface area contributed by atoms with Crippen molar-refractivity contribution in [1.82, 2.24) is 4.98 Å². The summed E-state index contributed by atoms with van der Waals surface area (Å²) in [7, 11) is -3.65. The normalized spacial score (nSPS) is 11.4. The van der Waals surface area contributed by atoms with Crippen LogP contribution in [-0.2, 0) is 23.0 Å². The fourth-order valence-corrected chi connectivity index (χ4v) is 3.49. The maximum Gasteiger partial charge on any atom is 0.262 e. The number of nitrogens with two attached hydrogens (primary N) is 1. The SMILES string of the molecule is CCc1ccc(CN)cc1S(=O)(=O)Nc1cncc(C)c1. The molecular formula is C15H19N3O2S. The van der Waals surface area contributed by atoms with Crippen LogP contribution in [0.1, 0.15) is 23.6 Å². The second kappa shape index (κ2) is 6.24. The van der Waals surface area contributed by atoms with Crippen molar-refractivity contribution < 1.29 is 8.42 Å². The molecule has 0 unspecified atom stereocenters. The van der Waals surface area contributed by atoms with Crippen molar-refractivity contribution in [3.05, 3.63) is 53.3 Å². The molecule has 2 aromatic rings. The van der Waals surface area contributed by atoms with Crippen molar-refractivity contribution in [2.45, 2.75) is 31.7 Å². The Bertz CT molecular complexity index is 742. The Kier molecular flexibility index (Phi) is 4.59. The number of sulfonamides is 1. The van der Waals surface area contributed by atoms with Crippen LogP contribution in [0.4, 0.5) is 5.69 Å². The highest BCUT2D eigenvalue weighted by Gasteiger charge is 2.18. The molecule has 0 atom stereocenters. The lowest BCUT2D eigenvalue weighted by Gasteiger charge is -2.13. The van der Waals surface area contributed by atoms with Gasteiger partial charge in [-0.3, -0.25) is 9.71 Å². The number of nitrogens with one attached hydrogen (secondary N) is 1. The molecule has 0 amide bonds. The zero-order chi connectivity index (χ0) is 15.5. The van der Waals surface area contributed by atoms with E-state index < -0.39 is 10.0 Å². The van der Waals surface area contributed by atoms with Gasteiger partial charge in [-0.1, -0.05) is 19.1 Å². The minimum absolute atomic E-state index is 0.273. The minimum atomic E-state index is -3.65. The van der Waals surface area contributed by atoms with Crippen molar-refractivity contribution in [2.24, 2.45) is 5.73 Å². The van der Waals surface area contributed by atoms with Crippen LogP contribution in [0.15, 0.2) is 41.6 Å². The molecule has 0 radical (unpaired) electrons. The Hall–Kier alpha value is -1.92. The summed E-state index contributed by atoms with van der Waals surface area (Å²) in [6.07, 6.45) is 3.79. The van der Waals surface area contributed by atoms with E-state index in [1.54, 1.807) is 18.3 Å². The second-order valence-electron chi connectivity index (χ2n) is 4.86. The molecule has 21 heavy (non-hydrogen) atoms. The van der Waals surface area contributed by atoms with Gasteiger partial charge in [0.1, 0.15) is 0 Å². The van der Waals surface area contributed by atoms with E-state index in [2.05, 4.69) is 9.71 Å². The first-order valence-electron chi connectivity index (χ1n) is 6.72. The number of hydrogen-bond acceptors (Lipinski definition) is 4. The number of benzene rings is 1. The van der Waals surface area contributed by atoms with Crippen LogP contribution in [0.5, 0.6) is 0 Å². The molecule has 6 heteroatoms. The lowest BCUT2D eigenvalue weighted by Crippen LogP contribution is -2.16. The number of aromatic nitrogens is 1. The van der Waals surface area contributed by atoms with Gasteiger partial charge in [0, 0.05) is 12.7 Å². The molecule has 3 N–H and O–H groups in total. The fourth-order valence-electron chi connectivity index (χ4n) is 2.09. The average molecular weight is 305 g/mol. The van der Waals surface area contributed by atoms with E-state index in [1.807, 2.05) is 26.0 Å². The molecule has 0 fully saturated rings. The van der Waals surface area contributed by atoms with Gasteiger partial charge < -0.3 is 5.73 Å². The van der Waals surface area contributed by atoms with Gasteiger partial charge in [-0.2, -0.15) is 0 Å². The largest absolute Gasteiger partial charge is 0.326 e. The topological polar surface area (TPSA) is 85.1 Å². The van der Waals surface area contributed by atoms with E-state index in [0.717, 1.165) is 16.7 Å². The van der Waals surface area contributed by atoms with Gasteiger partial charge in [0.2, 0.25) is 0 Å². The van der Waals surface area contributed by atoms with Crippen LogP contribution in [0, 0.1) is 6.92 Å². The van der Waals surface area contributed by atoms with Gasteiger partial charge in [-0.15, -0.1) is 0 Å². The van der Waals surface area contributed by atoms with E-state index in [-0.39, 0.29) is 4.90 Å². The quantitative estimate of drug-likeness (QED) is 0.887. The Morgan fingerprint density at radius 3 is 2.62 bits per heavy atom. The summed E-state index contributed by atoms with van der Waals surface area (Å²) in [5.41, 5.74) is 8.50. The predicted molar refractivity (Wildman–Crippen MR) is 83.5 cm³/mol. The molecule has 0 aliphatic rings. The van der Waals surface area contributed by atoms with E-state index in [1.165, 1.54) is 6.20 Å². The van der Waals surface area contributed by atoms with Gasteiger partial charge in [0.15, 0.2) is 0 Å². The Balaban J connectivity index is 2.43. The molecule has 0 aliphatic carbocycles. The highest BCUT2D eigenvalue weighted by atomic mass is 32.2. The number of aryl methyl sites for hydroxylation is 2. The molecule has 1 aromatic heterocycles. The maximum atomic E-state index is 12.6. The van der Waals surface area contributed by atoms with Crippen molar-refractivity contribution >= 4 is 15.7 Å². The number of rotatable bonds is 5. The molecule has 0 aliphatic heterocycles. The van der Waals surface area contributed by atoms with Crippen LogP contribution < -0.4 is 10.5 Å². The third-order valence-corrected chi connectivity index (χ3v) is 4.63. The predicted octanol–water partition coefficient (Wildman–Crippen LogP) is 2.21. The van der Waals surface area contributed by atoms with Gasteiger partial charge in [0.25, 0.3) is 10.0 Å². The number of nitrogens with zero attached hydrogens (tertiary/aromatic N) is 1. The second-order valence-corrected chi connectivity index (χ2v) is 6.51. The van der Waals surface area contributed by atoms with E-state index >= 15 is 0 Å². The number of anilines is 1. The van der Waals surface area contributed by atoms with Crippen LogP contribution in [0.3, 0.4) is 0 Å². The van der Waals surface area contributed by atoms with Gasteiger partial charge in [-0.05, 0) is 42.2 Å². The first kappa shape index (κ1) is 15.5. The molecule has 5 nitrogen and oxygen atoms in total. The van der Waals surface area contributed by atoms with Gasteiger partial charge in [-0.25, -0.2) is 8.42 Å². The molecule has 0 saturated heterocycles. The van der Waals surface area contributed by atoms with E-state index in [0.29, 0.717) is 18.7 Å². The first-order valence-corrected chi connectivity index (χ1v) is 8.21. The maximum absolute atomic E-state index is 12.6.